The van der Waals surface area contributed by atoms with E-state index in [1.807, 2.05) is 0 Å². The van der Waals surface area contributed by atoms with Gasteiger partial charge in [-0.25, -0.2) is 0 Å². The van der Waals surface area contributed by atoms with Crippen molar-refractivity contribution in [2.24, 2.45) is 0 Å². The van der Waals surface area contributed by atoms with E-state index in [1.165, 1.54) is 19.3 Å². The van der Waals surface area contributed by atoms with Gasteiger partial charge in [-0.2, -0.15) is 0 Å². The van der Waals surface area contributed by atoms with Crippen LogP contribution in [0.15, 0.2) is 0 Å². The Morgan fingerprint density at radius 1 is 0.786 bits per heavy atom. The molecule has 1 saturated heterocycles. The smallest absolute Gasteiger partial charge is 0.0720 e. The monoisotopic (exact) mass is 199 g/mol. The second kappa shape index (κ2) is 4.60. The van der Waals surface area contributed by atoms with E-state index < -0.39 is 0 Å². The Balaban J connectivity index is 1.97. The zero-order chi connectivity index (χ0) is 9.97. The van der Waals surface area contributed by atoms with Crippen molar-refractivity contribution in [3.05, 3.63) is 0 Å². The topological polar surface area (TPSA) is 43.7 Å². The molecule has 0 aromatic rings. The summed E-state index contributed by atoms with van der Waals surface area (Å²) in [5.74, 6) is 0. The Morgan fingerprint density at radius 3 is 1.93 bits per heavy atom. The summed E-state index contributed by atoms with van der Waals surface area (Å²) in [7, 11) is 0. The number of piperidine rings is 1. The number of rotatable bonds is 1. The van der Waals surface area contributed by atoms with Gasteiger partial charge in [0.05, 0.1) is 18.2 Å². The summed E-state index contributed by atoms with van der Waals surface area (Å²) >= 11 is 0. The van der Waals surface area contributed by atoms with Gasteiger partial charge in [-0.05, 0) is 45.2 Å². The summed E-state index contributed by atoms with van der Waals surface area (Å²) in [5.41, 5.74) is 0. The number of likely N-dealkylation sites (tertiary alicyclic amines) is 1. The Morgan fingerprint density at radius 2 is 1.36 bits per heavy atom. The van der Waals surface area contributed by atoms with E-state index in [0.717, 1.165) is 32.4 Å². The molecule has 0 spiro atoms. The minimum atomic E-state index is -0.308. The van der Waals surface area contributed by atoms with Gasteiger partial charge in [-0.15, -0.1) is 0 Å². The highest BCUT2D eigenvalue weighted by atomic mass is 16.3. The Bertz CT molecular complexity index is 170. The Labute approximate surface area is 85.7 Å². The average Bonchev–Trinajstić information content (AvgIpc) is 2.19. The van der Waals surface area contributed by atoms with E-state index in [1.54, 1.807) is 0 Å². The molecule has 0 aromatic heterocycles. The summed E-state index contributed by atoms with van der Waals surface area (Å²) < 4.78 is 0. The van der Waals surface area contributed by atoms with Gasteiger partial charge in [-0.3, -0.25) is 4.90 Å². The molecule has 0 bridgehead atoms. The first-order valence-corrected chi connectivity index (χ1v) is 5.89. The molecule has 0 amide bonds. The highest BCUT2D eigenvalue weighted by molar-refractivity contribution is 4.90. The summed E-state index contributed by atoms with van der Waals surface area (Å²) in [6.45, 7) is 2.11. The van der Waals surface area contributed by atoms with Crippen LogP contribution in [0.1, 0.15) is 38.5 Å². The van der Waals surface area contributed by atoms with Crippen LogP contribution in [0.2, 0.25) is 0 Å². The molecule has 14 heavy (non-hydrogen) atoms. The van der Waals surface area contributed by atoms with Crippen LogP contribution < -0.4 is 0 Å². The zero-order valence-corrected chi connectivity index (χ0v) is 8.73. The lowest BCUT2D eigenvalue weighted by Crippen LogP contribution is -2.54. The molecule has 2 unspecified atom stereocenters. The molecule has 3 heteroatoms. The Hall–Kier alpha value is -0.120. The maximum absolute atomic E-state index is 9.89. The van der Waals surface area contributed by atoms with Gasteiger partial charge >= 0.3 is 0 Å². The van der Waals surface area contributed by atoms with Crippen LogP contribution >= 0.6 is 0 Å². The molecular formula is C11H21NO2. The van der Waals surface area contributed by atoms with Crippen molar-refractivity contribution < 1.29 is 10.2 Å². The van der Waals surface area contributed by atoms with Crippen molar-refractivity contribution in [3.63, 3.8) is 0 Å². The van der Waals surface area contributed by atoms with E-state index >= 15 is 0 Å². The molecule has 1 aliphatic heterocycles. The van der Waals surface area contributed by atoms with Crippen molar-refractivity contribution >= 4 is 0 Å². The number of aliphatic hydroxyl groups is 2. The van der Waals surface area contributed by atoms with Gasteiger partial charge in [0, 0.05) is 0 Å². The van der Waals surface area contributed by atoms with Crippen molar-refractivity contribution in [2.45, 2.75) is 56.8 Å². The predicted octanol–water partition coefficient (Wildman–Crippen LogP) is 0.747. The van der Waals surface area contributed by atoms with Crippen LogP contribution in [0.25, 0.3) is 0 Å². The summed E-state index contributed by atoms with van der Waals surface area (Å²) in [6.07, 6.45) is 5.80. The Kier molecular flexibility index (Phi) is 3.42. The largest absolute Gasteiger partial charge is 0.391 e. The molecule has 0 aromatic carbocycles. The lowest BCUT2D eigenvalue weighted by atomic mass is 9.88. The predicted molar refractivity (Wildman–Crippen MR) is 55.1 cm³/mol. The summed E-state index contributed by atoms with van der Waals surface area (Å²) in [4.78, 5) is 2.29. The lowest BCUT2D eigenvalue weighted by molar-refractivity contribution is -0.0613. The zero-order valence-electron chi connectivity index (χ0n) is 8.73. The standard InChI is InChI=1S/C11H21NO2/c13-9-5-4-6-10(14)11(9)12-7-2-1-3-8-12/h9-11,13-14H,1-8H2. The van der Waals surface area contributed by atoms with Crippen molar-refractivity contribution in [3.8, 4) is 0 Å². The highest BCUT2D eigenvalue weighted by Gasteiger charge is 2.35. The van der Waals surface area contributed by atoms with Gasteiger partial charge in [0.15, 0.2) is 0 Å². The quantitative estimate of drug-likeness (QED) is 0.655. The average molecular weight is 199 g/mol. The van der Waals surface area contributed by atoms with Crippen LogP contribution in [-0.2, 0) is 0 Å². The van der Waals surface area contributed by atoms with Crippen LogP contribution in [0, 0.1) is 0 Å². The molecule has 1 aliphatic carbocycles. The first kappa shape index (κ1) is 10.4. The second-order valence-corrected chi connectivity index (χ2v) is 4.65. The molecule has 2 fully saturated rings. The van der Waals surface area contributed by atoms with Gasteiger partial charge < -0.3 is 10.2 Å². The fourth-order valence-corrected chi connectivity index (χ4v) is 2.84. The van der Waals surface area contributed by atoms with E-state index in [2.05, 4.69) is 4.90 Å². The van der Waals surface area contributed by atoms with E-state index in [-0.39, 0.29) is 18.2 Å². The van der Waals surface area contributed by atoms with Gasteiger partial charge in [0.1, 0.15) is 0 Å². The molecular weight excluding hydrogens is 178 g/mol. The van der Waals surface area contributed by atoms with Crippen molar-refractivity contribution in [2.75, 3.05) is 13.1 Å². The van der Waals surface area contributed by atoms with Crippen molar-refractivity contribution in [1.29, 1.82) is 0 Å². The van der Waals surface area contributed by atoms with Crippen molar-refractivity contribution in [1.82, 2.24) is 4.90 Å². The van der Waals surface area contributed by atoms with E-state index in [9.17, 15) is 10.2 Å². The van der Waals surface area contributed by atoms with Gasteiger partial charge in [0.2, 0.25) is 0 Å². The number of hydrogen-bond donors (Lipinski definition) is 2. The van der Waals surface area contributed by atoms with Crippen LogP contribution in [0.3, 0.4) is 0 Å². The van der Waals surface area contributed by atoms with E-state index in [0.29, 0.717) is 0 Å². The molecule has 2 atom stereocenters. The molecule has 2 aliphatic rings. The van der Waals surface area contributed by atoms with Crippen LogP contribution in [0.5, 0.6) is 0 Å². The second-order valence-electron chi connectivity index (χ2n) is 4.65. The number of hydrogen-bond acceptors (Lipinski definition) is 3. The molecule has 1 saturated carbocycles. The summed E-state index contributed by atoms with van der Waals surface area (Å²) in [6, 6.07) is 0.0176. The normalized spacial score (nSPS) is 41.1. The first-order valence-electron chi connectivity index (χ1n) is 5.89. The third kappa shape index (κ3) is 2.10. The SMILES string of the molecule is OC1CCCC(O)C1N1CCCCC1. The molecule has 2 rings (SSSR count). The third-order valence-corrected chi connectivity index (χ3v) is 3.60. The fraction of sp³-hybridized carbons (Fsp3) is 1.00. The van der Waals surface area contributed by atoms with Crippen LogP contribution in [-0.4, -0.2) is 46.5 Å². The number of nitrogens with zero attached hydrogens (tertiary/aromatic N) is 1. The molecule has 1 heterocycles. The molecule has 0 radical (unpaired) electrons. The van der Waals surface area contributed by atoms with Gasteiger partial charge in [-0.1, -0.05) is 6.42 Å². The van der Waals surface area contributed by atoms with Crippen LogP contribution in [0.4, 0.5) is 0 Å². The first-order chi connectivity index (χ1) is 6.79. The maximum atomic E-state index is 9.89. The highest BCUT2D eigenvalue weighted by Crippen LogP contribution is 2.26. The lowest BCUT2D eigenvalue weighted by Gasteiger charge is -2.42. The molecule has 2 N–H and O–H groups in total. The third-order valence-electron chi connectivity index (χ3n) is 3.60. The minimum Gasteiger partial charge on any atom is -0.391 e. The minimum absolute atomic E-state index is 0.0176. The van der Waals surface area contributed by atoms with Gasteiger partial charge in [0.25, 0.3) is 0 Å². The fourth-order valence-electron chi connectivity index (χ4n) is 2.84. The van der Waals surface area contributed by atoms with E-state index in [4.69, 9.17) is 0 Å². The number of aliphatic hydroxyl groups excluding tert-OH is 2. The maximum Gasteiger partial charge on any atom is 0.0720 e. The summed E-state index contributed by atoms with van der Waals surface area (Å²) in [5, 5.41) is 19.8. The molecule has 82 valence electrons. The molecule has 3 nitrogen and oxygen atoms in total.